The summed E-state index contributed by atoms with van der Waals surface area (Å²) in [7, 11) is 0. The Hall–Kier alpha value is -0.820. The van der Waals surface area contributed by atoms with E-state index in [1.807, 2.05) is 0 Å². The van der Waals surface area contributed by atoms with Crippen molar-refractivity contribution in [3.63, 3.8) is 0 Å². The molecule has 0 bridgehead atoms. The summed E-state index contributed by atoms with van der Waals surface area (Å²) in [6, 6.07) is 9.85. The second-order valence-corrected chi connectivity index (χ2v) is 6.61. The molecule has 0 atom stereocenters. The molecule has 100 valence electrons. The van der Waals surface area contributed by atoms with Crippen LogP contribution in [-0.4, -0.2) is 12.6 Å². The third-order valence-electron chi connectivity index (χ3n) is 4.07. The predicted molar refractivity (Wildman–Crippen MR) is 79.0 cm³/mol. The molecule has 1 aliphatic carbocycles. The lowest BCUT2D eigenvalue weighted by molar-refractivity contribution is 0.429. The van der Waals surface area contributed by atoms with E-state index < -0.39 is 0 Å². The van der Waals surface area contributed by atoms with Crippen LogP contribution in [0.25, 0.3) is 0 Å². The highest BCUT2D eigenvalue weighted by Crippen LogP contribution is 2.47. The summed E-state index contributed by atoms with van der Waals surface area (Å²) < 4.78 is 0. The van der Waals surface area contributed by atoms with Crippen molar-refractivity contribution in [2.24, 2.45) is 5.41 Å². The highest BCUT2D eigenvalue weighted by atomic mass is 14.9. The van der Waals surface area contributed by atoms with Gasteiger partial charge in [-0.3, -0.25) is 0 Å². The van der Waals surface area contributed by atoms with Crippen molar-refractivity contribution in [1.29, 1.82) is 0 Å². The molecule has 0 spiro atoms. The lowest BCUT2D eigenvalue weighted by Crippen LogP contribution is -2.30. The van der Waals surface area contributed by atoms with E-state index in [0.717, 1.165) is 0 Å². The zero-order valence-electron chi connectivity index (χ0n) is 12.3. The van der Waals surface area contributed by atoms with E-state index in [0.29, 0.717) is 17.4 Å². The average Bonchev–Trinajstić information content (AvgIpc) is 3.08. The minimum absolute atomic E-state index is 0.559. The van der Waals surface area contributed by atoms with Gasteiger partial charge in [0.1, 0.15) is 0 Å². The average molecular weight is 245 g/mol. The molecule has 1 aromatic rings. The first kappa shape index (κ1) is 13.6. The van der Waals surface area contributed by atoms with Gasteiger partial charge in [-0.05, 0) is 41.7 Å². The maximum Gasteiger partial charge on any atom is 0.00134 e. The Morgan fingerprint density at radius 3 is 2.11 bits per heavy atom. The zero-order chi connectivity index (χ0) is 13.2. The van der Waals surface area contributed by atoms with Crippen LogP contribution in [0, 0.1) is 5.41 Å². The first-order valence-corrected chi connectivity index (χ1v) is 7.33. The number of nitrogens with one attached hydrogen (secondary N) is 1. The monoisotopic (exact) mass is 245 g/mol. The fraction of sp³-hybridized carbons (Fsp3) is 0.647. The smallest absolute Gasteiger partial charge is 0.00134 e. The molecule has 1 nitrogen and oxygen atoms in total. The van der Waals surface area contributed by atoms with Crippen molar-refractivity contribution < 1.29 is 0 Å². The van der Waals surface area contributed by atoms with Crippen LogP contribution in [0.2, 0.25) is 0 Å². The van der Waals surface area contributed by atoms with E-state index in [9.17, 15) is 0 Å². The van der Waals surface area contributed by atoms with Gasteiger partial charge in [0.2, 0.25) is 0 Å². The first-order valence-electron chi connectivity index (χ1n) is 7.33. The van der Waals surface area contributed by atoms with Crippen molar-refractivity contribution in [2.45, 2.75) is 58.9 Å². The van der Waals surface area contributed by atoms with Gasteiger partial charge in [0, 0.05) is 12.6 Å². The Balaban J connectivity index is 1.93. The number of rotatable bonds is 6. The summed E-state index contributed by atoms with van der Waals surface area (Å²) in [5, 5.41) is 3.60. The zero-order valence-corrected chi connectivity index (χ0v) is 12.3. The number of hydrogen-bond acceptors (Lipinski definition) is 1. The second-order valence-electron chi connectivity index (χ2n) is 6.61. The molecule has 1 heteroatoms. The van der Waals surface area contributed by atoms with Gasteiger partial charge in [-0.15, -0.1) is 0 Å². The standard InChI is InChI=1S/C17H27N/c1-13(2)16-7-5-15(6-8-16)11-17(9-10-17)12-18-14(3)4/h5-8,13-14,18H,9-12H2,1-4H3. The molecule has 0 heterocycles. The van der Waals surface area contributed by atoms with Crippen LogP contribution in [0.1, 0.15) is 57.6 Å². The molecule has 0 amide bonds. The second kappa shape index (κ2) is 5.44. The van der Waals surface area contributed by atoms with Crippen LogP contribution in [0.15, 0.2) is 24.3 Å². The van der Waals surface area contributed by atoms with Crippen molar-refractivity contribution in [3.8, 4) is 0 Å². The lowest BCUT2D eigenvalue weighted by Gasteiger charge is -2.18. The predicted octanol–water partition coefficient (Wildman–Crippen LogP) is 4.13. The number of benzene rings is 1. The Kier molecular flexibility index (Phi) is 4.11. The summed E-state index contributed by atoms with van der Waals surface area (Å²) in [6.07, 6.45) is 4.02. The Labute approximate surface area is 112 Å². The summed E-state index contributed by atoms with van der Waals surface area (Å²) >= 11 is 0. The van der Waals surface area contributed by atoms with Gasteiger partial charge in [0.25, 0.3) is 0 Å². The molecule has 1 fully saturated rings. The highest BCUT2D eigenvalue weighted by Gasteiger charge is 2.41. The topological polar surface area (TPSA) is 12.0 Å². The number of hydrogen-bond donors (Lipinski definition) is 1. The van der Waals surface area contributed by atoms with Crippen molar-refractivity contribution >= 4 is 0 Å². The van der Waals surface area contributed by atoms with E-state index in [1.54, 1.807) is 0 Å². The van der Waals surface area contributed by atoms with Gasteiger partial charge in [0.15, 0.2) is 0 Å². The van der Waals surface area contributed by atoms with E-state index in [4.69, 9.17) is 0 Å². The third-order valence-corrected chi connectivity index (χ3v) is 4.07. The van der Waals surface area contributed by atoms with Gasteiger partial charge in [-0.1, -0.05) is 52.0 Å². The fourth-order valence-electron chi connectivity index (χ4n) is 2.47. The Morgan fingerprint density at radius 1 is 1.06 bits per heavy atom. The SMILES string of the molecule is CC(C)NCC1(Cc2ccc(C(C)C)cc2)CC1. The molecule has 0 aliphatic heterocycles. The molecule has 0 radical (unpaired) electrons. The van der Waals surface area contributed by atoms with Gasteiger partial charge >= 0.3 is 0 Å². The quantitative estimate of drug-likeness (QED) is 0.794. The molecule has 0 saturated heterocycles. The molecule has 1 N–H and O–H groups in total. The first-order chi connectivity index (χ1) is 8.51. The summed E-state index contributed by atoms with van der Waals surface area (Å²) in [5.74, 6) is 0.636. The van der Waals surface area contributed by atoms with Crippen molar-refractivity contribution in [1.82, 2.24) is 5.32 Å². The van der Waals surface area contributed by atoms with Crippen molar-refractivity contribution in [2.75, 3.05) is 6.54 Å². The van der Waals surface area contributed by atoms with E-state index in [2.05, 4.69) is 57.3 Å². The maximum absolute atomic E-state index is 3.60. The van der Waals surface area contributed by atoms with Gasteiger partial charge < -0.3 is 5.32 Å². The molecule has 1 aliphatic rings. The van der Waals surface area contributed by atoms with Crippen LogP contribution >= 0.6 is 0 Å². The molecule has 0 aromatic heterocycles. The Morgan fingerprint density at radius 2 is 1.67 bits per heavy atom. The Bertz CT molecular complexity index is 371. The van der Waals surface area contributed by atoms with Crippen LogP contribution < -0.4 is 5.32 Å². The van der Waals surface area contributed by atoms with E-state index in [-0.39, 0.29) is 0 Å². The van der Waals surface area contributed by atoms with Gasteiger partial charge in [0.05, 0.1) is 0 Å². The van der Waals surface area contributed by atoms with E-state index >= 15 is 0 Å². The van der Waals surface area contributed by atoms with Gasteiger partial charge in [-0.25, -0.2) is 0 Å². The van der Waals surface area contributed by atoms with Crippen LogP contribution in [0.3, 0.4) is 0 Å². The van der Waals surface area contributed by atoms with Crippen LogP contribution in [-0.2, 0) is 6.42 Å². The van der Waals surface area contributed by atoms with Crippen LogP contribution in [0.4, 0.5) is 0 Å². The summed E-state index contributed by atoms with van der Waals surface area (Å²) in [5.41, 5.74) is 3.51. The fourth-order valence-corrected chi connectivity index (χ4v) is 2.47. The highest BCUT2D eigenvalue weighted by molar-refractivity contribution is 5.26. The molecule has 0 unspecified atom stereocenters. The molecule has 2 rings (SSSR count). The maximum atomic E-state index is 3.60. The minimum atomic E-state index is 0.559. The van der Waals surface area contributed by atoms with Gasteiger partial charge in [-0.2, -0.15) is 0 Å². The molecular formula is C17H27N. The summed E-state index contributed by atoms with van der Waals surface area (Å²) in [4.78, 5) is 0. The molecule has 18 heavy (non-hydrogen) atoms. The lowest BCUT2D eigenvalue weighted by atomic mass is 9.94. The van der Waals surface area contributed by atoms with E-state index in [1.165, 1.54) is 36.9 Å². The third kappa shape index (κ3) is 3.58. The normalized spacial score (nSPS) is 17.4. The molecule has 1 aromatic carbocycles. The molecular weight excluding hydrogens is 218 g/mol. The summed E-state index contributed by atoms with van der Waals surface area (Å²) in [6.45, 7) is 10.1. The minimum Gasteiger partial charge on any atom is -0.314 e. The largest absolute Gasteiger partial charge is 0.314 e. The molecule has 1 saturated carbocycles. The van der Waals surface area contributed by atoms with Crippen molar-refractivity contribution in [3.05, 3.63) is 35.4 Å². The van der Waals surface area contributed by atoms with Crippen LogP contribution in [0.5, 0.6) is 0 Å².